The number of rotatable bonds is 5. The fourth-order valence-corrected chi connectivity index (χ4v) is 4.09. The first kappa shape index (κ1) is 23.1. The monoisotopic (exact) mass is 463 g/mol. The summed E-state index contributed by atoms with van der Waals surface area (Å²) in [5.41, 5.74) is 2.50. The van der Waals surface area contributed by atoms with Crippen LogP contribution in [0.15, 0.2) is 47.0 Å². The molecule has 10 nitrogen and oxygen atoms in total. The molecule has 2 amide bonds. The molecule has 176 valence electrons. The molecule has 10 heteroatoms. The Morgan fingerprint density at radius 1 is 1.15 bits per heavy atom. The van der Waals surface area contributed by atoms with Crippen LogP contribution in [0.2, 0.25) is 0 Å². The van der Waals surface area contributed by atoms with E-state index in [9.17, 15) is 19.7 Å². The third kappa shape index (κ3) is 4.66. The first-order chi connectivity index (χ1) is 16.2. The van der Waals surface area contributed by atoms with Gasteiger partial charge in [-0.3, -0.25) is 19.7 Å². The highest BCUT2D eigenvalue weighted by Crippen LogP contribution is 2.23. The Hall–Kier alpha value is -4.08. The normalized spacial score (nSPS) is 15.9. The Morgan fingerprint density at radius 2 is 1.91 bits per heavy atom. The van der Waals surface area contributed by atoms with Gasteiger partial charge in [-0.05, 0) is 38.5 Å². The standard InChI is InChI=1S/C24H25N5O5/c1-15-6-4-5-7-19(15)23-25-21(26-34-23)13-22(30)27-10-11-28(17(3)14-27)24(31)18-9-8-16(2)20(12-18)29(32)33/h4-9,12,17H,10-11,13-14H2,1-3H3. The molecule has 2 aromatic carbocycles. The van der Waals surface area contributed by atoms with Crippen LogP contribution in [0.3, 0.4) is 0 Å². The lowest BCUT2D eigenvalue weighted by Gasteiger charge is -2.39. The van der Waals surface area contributed by atoms with Crippen LogP contribution >= 0.6 is 0 Å². The number of hydrogen-bond acceptors (Lipinski definition) is 7. The number of aromatic nitrogens is 2. The largest absolute Gasteiger partial charge is 0.338 e. The molecule has 0 N–H and O–H groups in total. The SMILES string of the molecule is Cc1ccccc1-c1nc(CC(=O)N2CCN(C(=O)c3ccc(C)c([N+](=O)[O-])c3)C(C)C2)no1. The number of nitro groups is 1. The molecule has 0 aliphatic carbocycles. The van der Waals surface area contributed by atoms with Crippen LogP contribution in [0.4, 0.5) is 5.69 Å². The van der Waals surface area contributed by atoms with E-state index in [4.69, 9.17) is 4.52 Å². The summed E-state index contributed by atoms with van der Waals surface area (Å²) in [6.07, 6.45) is 0.000203. The molecule has 1 saturated heterocycles. The summed E-state index contributed by atoms with van der Waals surface area (Å²) >= 11 is 0. The van der Waals surface area contributed by atoms with Gasteiger partial charge in [-0.25, -0.2) is 0 Å². The predicted molar refractivity (Wildman–Crippen MR) is 123 cm³/mol. The second kappa shape index (κ2) is 9.42. The van der Waals surface area contributed by atoms with Crippen molar-refractivity contribution in [2.24, 2.45) is 0 Å². The van der Waals surface area contributed by atoms with Crippen LogP contribution in [0, 0.1) is 24.0 Å². The maximum absolute atomic E-state index is 13.0. The lowest BCUT2D eigenvalue weighted by molar-refractivity contribution is -0.385. The van der Waals surface area contributed by atoms with Crippen molar-refractivity contribution in [1.82, 2.24) is 19.9 Å². The molecule has 1 aliphatic rings. The van der Waals surface area contributed by atoms with Gasteiger partial charge in [0.1, 0.15) is 0 Å². The number of amides is 2. The van der Waals surface area contributed by atoms with Gasteiger partial charge in [-0.1, -0.05) is 29.4 Å². The van der Waals surface area contributed by atoms with E-state index in [-0.39, 0.29) is 35.5 Å². The molecule has 4 rings (SSSR count). The van der Waals surface area contributed by atoms with Crippen molar-refractivity contribution in [1.29, 1.82) is 0 Å². The van der Waals surface area contributed by atoms with Crippen molar-refractivity contribution < 1.29 is 19.0 Å². The number of piperazine rings is 1. The number of benzene rings is 2. The minimum absolute atomic E-state index is 0.000203. The summed E-state index contributed by atoms with van der Waals surface area (Å²) in [4.78, 5) is 44.3. The van der Waals surface area contributed by atoms with Crippen molar-refractivity contribution >= 4 is 17.5 Å². The van der Waals surface area contributed by atoms with E-state index in [0.717, 1.165) is 11.1 Å². The van der Waals surface area contributed by atoms with Crippen molar-refractivity contribution in [2.45, 2.75) is 33.2 Å². The molecule has 1 unspecified atom stereocenters. The van der Waals surface area contributed by atoms with E-state index in [1.807, 2.05) is 38.1 Å². The first-order valence-corrected chi connectivity index (χ1v) is 11.0. The van der Waals surface area contributed by atoms with Gasteiger partial charge >= 0.3 is 0 Å². The fourth-order valence-electron chi connectivity index (χ4n) is 4.09. The summed E-state index contributed by atoms with van der Waals surface area (Å²) in [6, 6.07) is 11.9. The van der Waals surface area contributed by atoms with Crippen molar-refractivity contribution in [2.75, 3.05) is 19.6 Å². The molecule has 1 aromatic heterocycles. The van der Waals surface area contributed by atoms with E-state index >= 15 is 0 Å². The zero-order chi connectivity index (χ0) is 24.4. The van der Waals surface area contributed by atoms with Gasteiger partial charge in [-0.15, -0.1) is 0 Å². The number of carbonyl (C=O) groups is 2. The van der Waals surface area contributed by atoms with Gasteiger partial charge in [0, 0.05) is 48.4 Å². The number of nitro benzene ring substituents is 1. The summed E-state index contributed by atoms with van der Waals surface area (Å²) in [5.74, 6) is 0.240. The number of hydrogen-bond donors (Lipinski definition) is 0. The molecule has 0 spiro atoms. The van der Waals surface area contributed by atoms with E-state index in [0.29, 0.717) is 36.9 Å². The molecule has 1 aliphatic heterocycles. The van der Waals surface area contributed by atoms with Crippen LogP contribution in [0.1, 0.15) is 34.2 Å². The Kier molecular flexibility index (Phi) is 6.40. The summed E-state index contributed by atoms with van der Waals surface area (Å²) in [7, 11) is 0. The average Bonchev–Trinajstić information content (AvgIpc) is 3.27. The maximum atomic E-state index is 13.0. The highest BCUT2D eigenvalue weighted by Gasteiger charge is 2.31. The Morgan fingerprint density at radius 3 is 2.62 bits per heavy atom. The minimum atomic E-state index is -0.491. The highest BCUT2D eigenvalue weighted by molar-refractivity contribution is 5.95. The van der Waals surface area contributed by atoms with E-state index in [1.54, 1.807) is 28.9 Å². The Labute approximate surface area is 196 Å². The highest BCUT2D eigenvalue weighted by atomic mass is 16.6. The topological polar surface area (TPSA) is 123 Å². The maximum Gasteiger partial charge on any atom is 0.273 e. The summed E-state index contributed by atoms with van der Waals surface area (Å²) < 4.78 is 5.34. The third-order valence-corrected chi connectivity index (χ3v) is 6.05. The van der Waals surface area contributed by atoms with Gasteiger partial charge in [0.15, 0.2) is 5.82 Å². The third-order valence-electron chi connectivity index (χ3n) is 6.05. The Balaban J connectivity index is 1.39. The molecule has 1 atom stereocenters. The van der Waals surface area contributed by atoms with Crippen LogP contribution in [0.5, 0.6) is 0 Å². The molecule has 1 fully saturated rings. The van der Waals surface area contributed by atoms with Crippen LogP contribution in [-0.4, -0.2) is 62.4 Å². The first-order valence-electron chi connectivity index (χ1n) is 11.0. The molecule has 2 heterocycles. The lowest BCUT2D eigenvalue weighted by Crippen LogP contribution is -2.55. The van der Waals surface area contributed by atoms with Crippen molar-refractivity contribution in [3.05, 3.63) is 75.1 Å². The molecular formula is C24H25N5O5. The van der Waals surface area contributed by atoms with Gasteiger partial charge in [0.25, 0.3) is 17.5 Å². The summed E-state index contributed by atoms with van der Waals surface area (Å²) in [5, 5.41) is 15.2. The van der Waals surface area contributed by atoms with Gasteiger partial charge in [0.05, 0.1) is 11.3 Å². The molecular weight excluding hydrogens is 438 g/mol. The Bertz CT molecular complexity index is 1250. The van der Waals surface area contributed by atoms with Crippen LogP contribution < -0.4 is 0 Å². The second-order valence-electron chi connectivity index (χ2n) is 8.45. The fraction of sp³-hybridized carbons (Fsp3) is 0.333. The lowest BCUT2D eigenvalue weighted by atomic mass is 10.1. The van der Waals surface area contributed by atoms with Crippen LogP contribution in [-0.2, 0) is 11.2 Å². The van der Waals surface area contributed by atoms with Gasteiger partial charge in [0.2, 0.25) is 5.91 Å². The summed E-state index contributed by atoms with van der Waals surface area (Å²) in [6.45, 7) is 6.46. The van der Waals surface area contributed by atoms with Gasteiger partial charge < -0.3 is 14.3 Å². The molecule has 0 bridgehead atoms. The van der Waals surface area contributed by atoms with E-state index in [2.05, 4.69) is 10.1 Å². The van der Waals surface area contributed by atoms with Crippen LogP contribution in [0.25, 0.3) is 11.5 Å². The van der Waals surface area contributed by atoms with E-state index < -0.39 is 4.92 Å². The van der Waals surface area contributed by atoms with E-state index in [1.165, 1.54) is 6.07 Å². The molecule has 0 radical (unpaired) electrons. The molecule has 34 heavy (non-hydrogen) atoms. The zero-order valence-corrected chi connectivity index (χ0v) is 19.2. The number of nitrogens with zero attached hydrogens (tertiary/aromatic N) is 5. The minimum Gasteiger partial charge on any atom is -0.338 e. The van der Waals surface area contributed by atoms with Crippen molar-refractivity contribution in [3.8, 4) is 11.5 Å². The molecule has 3 aromatic rings. The second-order valence-corrected chi connectivity index (χ2v) is 8.45. The number of carbonyl (C=O) groups excluding carboxylic acids is 2. The smallest absolute Gasteiger partial charge is 0.273 e. The number of aryl methyl sites for hydroxylation is 2. The van der Waals surface area contributed by atoms with Gasteiger partial charge in [-0.2, -0.15) is 4.98 Å². The zero-order valence-electron chi connectivity index (χ0n) is 19.2. The predicted octanol–water partition coefficient (Wildman–Crippen LogP) is 3.18. The quantitative estimate of drug-likeness (QED) is 0.421. The molecule has 0 saturated carbocycles. The average molecular weight is 463 g/mol. The van der Waals surface area contributed by atoms with Crippen molar-refractivity contribution in [3.63, 3.8) is 0 Å².